The molecule has 0 bridgehead atoms. The Morgan fingerprint density at radius 2 is 2.06 bits per heavy atom. The molecule has 0 unspecified atom stereocenters. The van der Waals surface area contributed by atoms with E-state index in [0.717, 1.165) is 25.1 Å². The van der Waals surface area contributed by atoms with Gasteiger partial charge in [-0.3, -0.25) is 4.79 Å². The monoisotopic (exact) mass is 274 g/mol. The number of hydrogen-bond donors (Lipinski definition) is 2. The number of hydrogen-bond acceptors (Lipinski definition) is 3. The van der Waals surface area contributed by atoms with Crippen LogP contribution in [-0.2, 0) is 4.79 Å². The first kappa shape index (κ1) is 17.8. The zero-order valence-corrected chi connectivity index (χ0v) is 13.2. The average Bonchev–Trinajstić information content (AvgIpc) is 2.33. The maximum absolute atomic E-state index is 11.8. The Labute approximate surface area is 117 Å². The standard InChI is InChI=1S/C14H30N2OS/c1-5-6-7-9-14(2,3)11-16-13(17)12(15)8-10-18-4/h12H,5-11,15H2,1-4H3,(H,16,17)/t12-/m0/s1. The van der Waals surface area contributed by atoms with E-state index >= 15 is 0 Å². The average molecular weight is 274 g/mol. The molecule has 1 amide bonds. The van der Waals surface area contributed by atoms with Gasteiger partial charge in [0.2, 0.25) is 5.91 Å². The molecule has 0 aromatic carbocycles. The second-order valence-electron chi connectivity index (χ2n) is 5.73. The lowest BCUT2D eigenvalue weighted by atomic mass is 9.87. The summed E-state index contributed by atoms with van der Waals surface area (Å²) in [5.74, 6) is 0.932. The summed E-state index contributed by atoms with van der Waals surface area (Å²) in [6.07, 6.45) is 7.68. The predicted octanol–water partition coefficient (Wildman–Crippen LogP) is 2.79. The highest BCUT2D eigenvalue weighted by Gasteiger charge is 2.20. The number of thioether (sulfide) groups is 1. The molecule has 0 spiro atoms. The fourth-order valence-corrected chi connectivity index (χ4v) is 2.26. The highest BCUT2D eigenvalue weighted by molar-refractivity contribution is 7.98. The van der Waals surface area contributed by atoms with Crippen LogP contribution in [-0.4, -0.2) is 30.5 Å². The van der Waals surface area contributed by atoms with Gasteiger partial charge >= 0.3 is 0 Å². The summed E-state index contributed by atoms with van der Waals surface area (Å²) < 4.78 is 0. The van der Waals surface area contributed by atoms with Crippen molar-refractivity contribution in [2.45, 2.75) is 58.9 Å². The molecule has 0 fully saturated rings. The van der Waals surface area contributed by atoms with Crippen molar-refractivity contribution in [3.8, 4) is 0 Å². The van der Waals surface area contributed by atoms with E-state index in [0.29, 0.717) is 0 Å². The first-order chi connectivity index (χ1) is 8.43. The van der Waals surface area contributed by atoms with Crippen LogP contribution in [0.4, 0.5) is 0 Å². The van der Waals surface area contributed by atoms with E-state index in [-0.39, 0.29) is 17.4 Å². The maximum Gasteiger partial charge on any atom is 0.236 e. The molecule has 0 aliphatic heterocycles. The number of nitrogens with one attached hydrogen (secondary N) is 1. The van der Waals surface area contributed by atoms with Crippen LogP contribution in [0.2, 0.25) is 0 Å². The Morgan fingerprint density at radius 1 is 1.39 bits per heavy atom. The minimum atomic E-state index is -0.358. The van der Waals surface area contributed by atoms with Gasteiger partial charge in [-0.15, -0.1) is 0 Å². The SMILES string of the molecule is CCCCCC(C)(C)CNC(=O)[C@@H](N)CCSC. The molecule has 18 heavy (non-hydrogen) atoms. The number of carbonyl (C=O) groups is 1. The van der Waals surface area contributed by atoms with Gasteiger partial charge in [0.1, 0.15) is 0 Å². The Balaban J connectivity index is 3.87. The van der Waals surface area contributed by atoms with Crippen LogP contribution in [0, 0.1) is 5.41 Å². The van der Waals surface area contributed by atoms with E-state index in [9.17, 15) is 4.79 Å². The van der Waals surface area contributed by atoms with Crippen molar-refractivity contribution in [2.24, 2.45) is 11.1 Å². The normalized spacial score (nSPS) is 13.4. The van der Waals surface area contributed by atoms with Crippen LogP contribution in [0.3, 0.4) is 0 Å². The summed E-state index contributed by atoms with van der Waals surface area (Å²) in [5, 5.41) is 2.99. The van der Waals surface area contributed by atoms with Gasteiger partial charge in [-0.05, 0) is 30.3 Å². The minimum absolute atomic E-state index is 0.00684. The Kier molecular flexibility index (Phi) is 9.56. The Hall–Kier alpha value is -0.220. The molecule has 0 rings (SSSR count). The van der Waals surface area contributed by atoms with Gasteiger partial charge in [0.15, 0.2) is 0 Å². The second-order valence-corrected chi connectivity index (χ2v) is 6.71. The summed E-state index contributed by atoms with van der Waals surface area (Å²) in [6.45, 7) is 7.34. The summed E-state index contributed by atoms with van der Waals surface area (Å²) >= 11 is 1.72. The fraction of sp³-hybridized carbons (Fsp3) is 0.929. The molecule has 0 heterocycles. The molecule has 3 nitrogen and oxygen atoms in total. The molecule has 3 N–H and O–H groups in total. The third-order valence-electron chi connectivity index (χ3n) is 3.17. The lowest BCUT2D eigenvalue weighted by Crippen LogP contribution is -2.44. The van der Waals surface area contributed by atoms with Crippen LogP contribution in [0.15, 0.2) is 0 Å². The molecular formula is C14H30N2OS. The van der Waals surface area contributed by atoms with Gasteiger partial charge in [0.25, 0.3) is 0 Å². The number of rotatable bonds is 10. The predicted molar refractivity (Wildman–Crippen MR) is 81.9 cm³/mol. The van der Waals surface area contributed by atoms with Gasteiger partial charge in [-0.1, -0.05) is 40.0 Å². The minimum Gasteiger partial charge on any atom is -0.354 e. The van der Waals surface area contributed by atoms with Crippen LogP contribution in [0.25, 0.3) is 0 Å². The van der Waals surface area contributed by atoms with Crippen LogP contribution < -0.4 is 11.1 Å². The van der Waals surface area contributed by atoms with Crippen molar-refractivity contribution in [3.63, 3.8) is 0 Å². The number of unbranched alkanes of at least 4 members (excludes halogenated alkanes) is 2. The number of carbonyl (C=O) groups excluding carboxylic acids is 1. The van der Waals surface area contributed by atoms with Gasteiger partial charge in [0, 0.05) is 6.54 Å². The van der Waals surface area contributed by atoms with Crippen molar-refractivity contribution in [3.05, 3.63) is 0 Å². The molecule has 1 atom stereocenters. The van der Waals surface area contributed by atoms with E-state index in [4.69, 9.17) is 5.73 Å². The van der Waals surface area contributed by atoms with Crippen molar-refractivity contribution in [1.29, 1.82) is 0 Å². The maximum atomic E-state index is 11.8. The Bertz CT molecular complexity index is 232. The van der Waals surface area contributed by atoms with Crippen LogP contribution in [0.1, 0.15) is 52.9 Å². The lowest BCUT2D eigenvalue weighted by Gasteiger charge is -2.25. The van der Waals surface area contributed by atoms with E-state index < -0.39 is 0 Å². The molecule has 0 aliphatic rings. The fourth-order valence-electron chi connectivity index (χ4n) is 1.78. The van der Waals surface area contributed by atoms with E-state index in [1.54, 1.807) is 11.8 Å². The highest BCUT2D eigenvalue weighted by Crippen LogP contribution is 2.22. The Morgan fingerprint density at radius 3 is 2.61 bits per heavy atom. The molecular weight excluding hydrogens is 244 g/mol. The lowest BCUT2D eigenvalue weighted by molar-refractivity contribution is -0.122. The molecule has 0 saturated carbocycles. The van der Waals surface area contributed by atoms with Crippen molar-refractivity contribution >= 4 is 17.7 Å². The molecule has 4 heteroatoms. The molecule has 0 aromatic heterocycles. The van der Waals surface area contributed by atoms with Crippen molar-refractivity contribution in [2.75, 3.05) is 18.6 Å². The highest BCUT2D eigenvalue weighted by atomic mass is 32.2. The van der Waals surface area contributed by atoms with Crippen LogP contribution in [0.5, 0.6) is 0 Å². The zero-order valence-electron chi connectivity index (χ0n) is 12.4. The first-order valence-electron chi connectivity index (χ1n) is 6.95. The topological polar surface area (TPSA) is 55.1 Å². The number of nitrogens with two attached hydrogens (primary N) is 1. The smallest absolute Gasteiger partial charge is 0.236 e. The summed E-state index contributed by atoms with van der Waals surface area (Å²) in [5.41, 5.74) is 6.00. The zero-order chi connectivity index (χ0) is 14.0. The summed E-state index contributed by atoms with van der Waals surface area (Å²) in [7, 11) is 0. The molecule has 0 radical (unpaired) electrons. The molecule has 108 valence electrons. The molecule has 0 aliphatic carbocycles. The quantitative estimate of drug-likeness (QED) is 0.602. The van der Waals surface area contributed by atoms with Gasteiger partial charge < -0.3 is 11.1 Å². The third kappa shape index (κ3) is 8.81. The molecule has 0 saturated heterocycles. The van der Waals surface area contributed by atoms with Crippen LogP contribution >= 0.6 is 11.8 Å². The first-order valence-corrected chi connectivity index (χ1v) is 8.34. The molecule has 0 aromatic rings. The van der Waals surface area contributed by atoms with Gasteiger partial charge in [-0.25, -0.2) is 0 Å². The third-order valence-corrected chi connectivity index (χ3v) is 3.81. The largest absolute Gasteiger partial charge is 0.354 e. The van der Waals surface area contributed by atoms with Gasteiger partial charge in [0.05, 0.1) is 6.04 Å². The van der Waals surface area contributed by atoms with E-state index in [1.807, 2.05) is 6.26 Å². The van der Waals surface area contributed by atoms with Gasteiger partial charge in [-0.2, -0.15) is 11.8 Å². The van der Waals surface area contributed by atoms with E-state index in [1.165, 1.54) is 19.3 Å². The summed E-state index contributed by atoms with van der Waals surface area (Å²) in [6, 6.07) is -0.358. The van der Waals surface area contributed by atoms with Crippen molar-refractivity contribution < 1.29 is 4.79 Å². The summed E-state index contributed by atoms with van der Waals surface area (Å²) in [4.78, 5) is 11.8. The number of amides is 1. The van der Waals surface area contributed by atoms with Crippen molar-refractivity contribution in [1.82, 2.24) is 5.32 Å². The van der Waals surface area contributed by atoms with E-state index in [2.05, 4.69) is 26.1 Å². The second kappa shape index (κ2) is 9.68.